The van der Waals surface area contributed by atoms with Gasteiger partial charge in [-0.1, -0.05) is 59.1 Å². The lowest BCUT2D eigenvalue weighted by Gasteiger charge is -2.50. The van der Waals surface area contributed by atoms with E-state index in [-0.39, 0.29) is 36.8 Å². The molecule has 2 aliphatic carbocycles. The van der Waals surface area contributed by atoms with Crippen molar-refractivity contribution in [1.29, 1.82) is 0 Å². The fraction of sp³-hybridized carbons (Fsp3) is 0.306. The van der Waals surface area contributed by atoms with Crippen molar-refractivity contribution in [3.8, 4) is 11.5 Å². The Morgan fingerprint density at radius 2 is 1.66 bits per heavy atom. The molecule has 6 amide bonds. The molecule has 2 saturated heterocycles. The molecule has 2 aliphatic heterocycles. The van der Waals surface area contributed by atoms with E-state index >= 15 is 4.79 Å². The molecule has 12 nitrogen and oxygen atoms in total. The summed E-state index contributed by atoms with van der Waals surface area (Å²) in [7, 11) is 1.52. The highest BCUT2D eigenvalue weighted by Crippen LogP contribution is 2.64. The summed E-state index contributed by atoms with van der Waals surface area (Å²) in [6.07, 6.45) is 2.02. The van der Waals surface area contributed by atoms with Gasteiger partial charge in [0, 0.05) is 10.9 Å². The molecule has 0 radical (unpaired) electrons. The van der Waals surface area contributed by atoms with Gasteiger partial charge in [-0.3, -0.25) is 24.6 Å². The van der Waals surface area contributed by atoms with Gasteiger partial charge in [0.25, 0.3) is 11.8 Å². The number of aliphatic hydroxyl groups excluding tert-OH is 1. The second kappa shape index (κ2) is 12.8. The Hall–Kier alpha value is -4.91. The van der Waals surface area contributed by atoms with Crippen molar-refractivity contribution < 1.29 is 38.6 Å². The molecule has 6 atom stereocenters. The quantitative estimate of drug-likeness (QED) is 0.225. The number of hydrogen-bond acceptors (Lipinski definition) is 9. The fourth-order valence-electron chi connectivity index (χ4n) is 8.36. The number of hydrazine groups is 1. The summed E-state index contributed by atoms with van der Waals surface area (Å²) in [5.41, 5.74) is 9.03. The van der Waals surface area contributed by atoms with Gasteiger partial charge in [-0.15, -0.1) is 0 Å². The second-order valence-electron chi connectivity index (χ2n) is 12.7. The number of methoxy groups -OCH3 is 1. The lowest BCUT2D eigenvalue weighted by molar-refractivity contribution is -0.139. The number of imide groups is 4. The third-order valence-corrected chi connectivity index (χ3v) is 10.9. The van der Waals surface area contributed by atoms with Crippen molar-refractivity contribution in [1.82, 2.24) is 9.91 Å². The standard InChI is InChI=1S/C36H32Cl2N4O8/c1-49-21-9-4-19(5-10-21)36-26(32(45)42(34(36)47)40-28-13-6-20(37)16-27(28)38)17-25-23(30(36)18-2-7-22(8-3-18)50-15-14-43)11-12-24-29(25)33(46)41(31(24)44)35(39)48/h2-11,13,16,24-26,29-30,40,43H,12,14-15,17H2,1H3,(H2,39,48)/t24-,25+,26-,29-,30-,36+/m0/s1. The Balaban J connectivity index is 1.44. The number of nitrogens with one attached hydrogen (secondary N) is 1. The molecule has 3 aromatic rings. The number of carbonyl (C=O) groups is 5. The number of ether oxygens (including phenoxy) is 2. The molecule has 4 aliphatic rings. The fourth-order valence-corrected chi connectivity index (χ4v) is 8.81. The molecule has 0 aromatic heterocycles. The van der Waals surface area contributed by atoms with Gasteiger partial charge in [-0.25, -0.2) is 4.79 Å². The highest BCUT2D eigenvalue weighted by molar-refractivity contribution is 6.36. The van der Waals surface area contributed by atoms with E-state index in [0.29, 0.717) is 38.1 Å². The lowest BCUT2D eigenvalue weighted by atomic mass is 9.49. The summed E-state index contributed by atoms with van der Waals surface area (Å²) in [6.45, 7) is -0.111. The van der Waals surface area contributed by atoms with Gasteiger partial charge >= 0.3 is 6.03 Å². The molecule has 0 bridgehead atoms. The van der Waals surface area contributed by atoms with E-state index in [0.717, 1.165) is 5.01 Å². The highest BCUT2D eigenvalue weighted by atomic mass is 35.5. The van der Waals surface area contributed by atoms with Gasteiger partial charge in [0.15, 0.2) is 0 Å². The molecule has 3 aromatic carbocycles. The van der Waals surface area contributed by atoms with Crippen LogP contribution in [0.25, 0.3) is 0 Å². The van der Waals surface area contributed by atoms with Crippen molar-refractivity contribution >= 4 is 58.5 Å². The van der Waals surface area contributed by atoms with E-state index in [9.17, 15) is 24.3 Å². The number of benzene rings is 3. The van der Waals surface area contributed by atoms with Gasteiger partial charge in [0.1, 0.15) is 18.1 Å². The summed E-state index contributed by atoms with van der Waals surface area (Å²) in [5, 5.41) is 10.8. The van der Waals surface area contributed by atoms with Crippen LogP contribution in [-0.4, -0.2) is 65.0 Å². The SMILES string of the molecule is COc1ccc([C@@]23C(=O)N(Nc4ccc(Cl)cc4Cl)C(=O)[C@@H]2C[C@@H]2C(=CC[C@@H]4C(=O)N(C(N)=O)C(=O)[C@@H]42)[C@@H]3c2ccc(OCCO)cc2)cc1. The van der Waals surface area contributed by atoms with Crippen molar-refractivity contribution in [2.45, 2.75) is 24.2 Å². The number of halogens is 2. The molecule has 7 rings (SSSR count). The van der Waals surface area contributed by atoms with E-state index in [1.54, 1.807) is 60.7 Å². The summed E-state index contributed by atoms with van der Waals surface area (Å²) >= 11 is 12.6. The van der Waals surface area contributed by atoms with Crippen LogP contribution in [0.4, 0.5) is 10.5 Å². The number of amides is 6. The number of nitrogens with zero attached hydrogens (tertiary/aromatic N) is 2. The van der Waals surface area contributed by atoms with E-state index in [1.807, 2.05) is 6.08 Å². The molecule has 258 valence electrons. The maximum atomic E-state index is 15.2. The maximum Gasteiger partial charge on any atom is 0.328 e. The van der Waals surface area contributed by atoms with Crippen molar-refractivity contribution in [2.24, 2.45) is 29.4 Å². The molecule has 14 heteroatoms. The predicted octanol–water partition coefficient (Wildman–Crippen LogP) is 4.44. The minimum atomic E-state index is -1.55. The summed E-state index contributed by atoms with van der Waals surface area (Å²) in [4.78, 5) is 69.8. The zero-order valence-electron chi connectivity index (χ0n) is 26.7. The number of fused-ring (bicyclic) bond motifs is 4. The minimum Gasteiger partial charge on any atom is -0.497 e. The second-order valence-corrected chi connectivity index (χ2v) is 13.5. The van der Waals surface area contributed by atoms with E-state index in [1.165, 1.54) is 13.2 Å². The third-order valence-electron chi connectivity index (χ3n) is 10.4. The number of primary amides is 1. The van der Waals surface area contributed by atoms with Gasteiger partial charge < -0.3 is 20.3 Å². The first-order valence-electron chi connectivity index (χ1n) is 16.0. The minimum absolute atomic E-state index is 0.0238. The zero-order chi connectivity index (χ0) is 35.5. The Morgan fingerprint density at radius 3 is 2.30 bits per heavy atom. The molecular formula is C36H32Cl2N4O8. The van der Waals surface area contributed by atoms with Crippen LogP contribution in [0.1, 0.15) is 29.9 Å². The molecule has 0 spiro atoms. The lowest BCUT2D eigenvalue weighted by Crippen LogP contribution is -2.53. The number of likely N-dealkylation sites (tertiary alicyclic amines) is 1. The number of rotatable bonds is 8. The first-order valence-corrected chi connectivity index (χ1v) is 16.7. The average molecular weight is 720 g/mol. The Bertz CT molecular complexity index is 1950. The molecular weight excluding hydrogens is 687 g/mol. The smallest absolute Gasteiger partial charge is 0.328 e. The number of hydrogen-bond donors (Lipinski definition) is 3. The van der Waals surface area contributed by atoms with Crippen molar-refractivity contribution in [3.63, 3.8) is 0 Å². The normalized spacial score (nSPS) is 27.0. The van der Waals surface area contributed by atoms with Gasteiger partial charge in [0.05, 0.1) is 47.6 Å². The largest absolute Gasteiger partial charge is 0.497 e. The molecule has 3 fully saturated rings. The van der Waals surface area contributed by atoms with E-state index in [2.05, 4.69) is 5.43 Å². The number of urea groups is 1. The molecule has 1 saturated carbocycles. The first-order chi connectivity index (χ1) is 24.0. The number of anilines is 1. The summed E-state index contributed by atoms with van der Waals surface area (Å²) < 4.78 is 11.0. The molecule has 0 unspecified atom stereocenters. The van der Waals surface area contributed by atoms with Crippen LogP contribution in [0.3, 0.4) is 0 Å². The molecule has 50 heavy (non-hydrogen) atoms. The van der Waals surface area contributed by atoms with Crippen LogP contribution in [-0.2, 0) is 24.6 Å². The highest BCUT2D eigenvalue weighted by Gasteiger charge is 2.70. The van der Waals surface area contributed by atoms with Crippen LogP contribution in [0, 0.1) is 23.7 Å². The van der Waals surface area contributed by atoms with E-state index in [4.69, 9.17) is 38.4 Å². The average Bonchev–Trinajstić information content (AvgIpc) is 3.49. The summed E-state index contributed by atoms with van der Waals surface area (Å²) in [5.74, 6) is -5.84. The van der Waals surface area contributed by atoms with E-state index < -0.39 is 64.7 Å². The number of nitrogens with two attached hydrogens (primary N) is 1. The molecule has 2 heterocycles. The Labute approximate surface area is 296 Å². The van der Waals surface area contributed by atoms with Crippen LogP contribution in [0.5, 0.6) is 11.5 Å². The third kappa shape index (κ3) is 5.04. The topological polar surface area (TPSA) is 169 Å². The zero-order valence-corrected chi connectivity index (χ0v) is 28.2. The number of aliphatic hydroxyl groups is 1. The van der Waals surface area contributed by atoms with Crippen LogP contribution >= 0.6 is 23.2 Å². The first kappa shape index (κ1) is 33.6. The van der Waals surface area contributed by atoms with Crippen LogP contribution < -0.4 is 20.6 Å². The van der Waals surface area contributed by atoms with Crippen molar-refractivity contribution in [2.75, 3.05) is 25.7 Å². The Morgan fingerprint density at radius 1 is 0.960 bits per heavy atom. The summed E-state index contributed by atoms with van der Waals surface area (Å²) in [6, 6.07) is 17.4. The number of carbonyl (C=O) groups excluding carboxylic acids is 5. The predicted molar refractivity (Wildman–Crippen MR) is 181 cm³/mol. The van der Waals surface area contributed by atoms with Gasteiger partial charge in [-0.2, -0.15) is 9.91 Å². The van der Waals surface area contributed by atoms with Gasteiger partial charge in [-0.05, 0) is 72.4 Å². The Kier molecular flexibility index (Phi) is 8.57. The number of allylic oxidation sites excluding steroid dienone is 2. The van der Waals surface area contributed by atoms with Crippen LogP contribution in [0.2, 0.25) is 10.0 Å². The van der Waals surface area contributed by atoms with Crippen molar-refractivity contribution in [3.05, 3.63) is 99.6 Å². The monoisotopic (exact) mass is 718 g/mol. The van der Waals surface area contributed by atoms with Gasteiger partial charge in [0.2, 0.25) is 11.8 Å². The maximum absolute atomic E-state index is 15.2. The molecule has 4 N–H and O–H groups in total. The van der Waals surface area contributed by atoms with Crippen LogP contribution in [0.15, 0.2) is 78.4 Å².